The van der Waals surface area contributed by atoms with Crippen molar-refractivity contribution in [2.75, 3.05) is 6.61 Å². The number of carboxylic acids is 1. The predicted molar refractivity (Wildman–Crippen MR) is 160 cm³/mol. The molecular formula is C29H46N6O9. The molecule has 0 aliphatic rings. The van der Waals surface area contributed by atoms with Gasteiger partial charge < -0.3 is 48.1 Å². The molecule has 246 valence electrons. The van der Waals surface area contributed by atoms with Gasteiger partial charge in [-0.15, -0.1) is 0 Å². The van der Waals surface area contributed by atoms with Gasteiger partial charge in [-0.05, 0) is 42.4 Å². The summed E-state index contributed by atoms with van der Waals surface area (Å²) in [4.78, 5) is 75.5. The van der Waals surface area contributed by atoms with E-state index in [9.17, 15) is 44.1 Å². The summed E-state index contributed by atoms with van der Waals surface area (Å²) in [5, 5.41) is 38.7. The third kappa shape index (κ3) is 13.0. The van der Waals surface area contributed by atoms with Gasteiger partial charge in [-0.2, -0.15) is 0 Å². The Morgan fingerprint density at radius 2 is 1.30 bits per heavy atom. The molecule has 0 spiro atoms. The molecule has 15 heteroatoms. The standard InChI is InChI=1S/C29H46N6O9/c1-5-16(4)24(31)28(42)35-22(14-36)27(41)33-20(13-17-6-8-18(37)9-7-17)26(40)32-19(10-11-23(30)38)25(39)34-21(29(43)44)12-15(2)3/h6-9,15-16,19-22,24,36-37H,5,10-14,31H2,1-4H3,(H2,30,38)(H,32,40)(H,33,41)(H,34,39)(H,35,42)(H,43,44)/t16-,19-,20-,21-,22-,24-/m0/s1. The van der Waals surface area contributed by atoms with Gasteiger partial charge in [0.05, 0.1) is 12.6 Å². The number of aliphatic carboxylic acids is 1. The Hall–Kier alpha value is -4.24. The van der Waals surface area contributed by atoms with Crippen LogP contribution < -0.4 is 32.7 Å². The molecule has 44 heavy (non-hydrogen) atoms. The number of rotatable bonds is 19. The second kappa shape index (κ2) is 18.4. The number of carboxylic acid groups (broad SMARTS) is 1. The van der Waals surface area contributed by atoms with Crippen molar-refractivity contribution in [3.05, 3.63) is 29.8 Å². The fourth-order valence-corrected chi connectivity index (χ4v) is 4.12. The van der Waals surface area contributed by atoms with Crippen molar-refractivity contribution in [3.63, 3.8) is 0 Å². The first-order valence-electron chi connectivity index (χ1n) is 14.5. The number of hydrogen-bond donors (Lipinski definition) is 9. The van der Waals surface area contributed by atoms with E-state index in [1.807, 2.05) is 6.92 Å². The van der Waals surface area contributed by atoms with E-state index in [1.165, 1.54) is 24.3 Å². The zero-order valence-electron chi connectivity index (χ0n) is 25.5. The van der Waals surface area contributed by atoms with Crippen molar-refractivity contribution < 1.29 is 44.1 Å². The average Bonchev–Trinajstić information content (AvgIpc) is 2.96. The normalized spacial score (nSPS) is 15.2. The van der Waals surface area contributed by atoms with Gasteiger partial charge in [-0.3, -0.25) is 24.0 Å². The van der Waals surface area contributed by atoms with Crippen molar-refractivity contribution in [2.24, 2.45) is 23.3 Å². The molecule has 0 aliphatic heterocycles. The second-order valence-electron chi connectivity index (χ2n) is 11.2. The Labute approximate surface area is 256 Å². The zero-order chi connectivity index (χ0) is 33.6. The number of benzene rings is 1. The number of phenolic OH excluding ortho intramolecular Hbond substituents is 1. The molecule has 1 rings (SSSR count). The summed E-state index contributed by atoms with van der Waals surface area (Å²) in [5.74, 6) is -5.74. The number of primary amides is 1. The summed E-state index contributed by atoms with van der Waals surface area (Å²) in [6.45, 7) is 6.32. The predicted octanol–water partition coefficient (Wildman–Crippen LogP) is -1.36. The van der Waals surface area contributed by atoms with Crippen molar-refractivity contribution in [1.29, 1.82) is 0 Å². The molecule has 0 radical (unpaired) electrons. The Kier molecular flexibility index (Phi) is 15.8. The first-order chi connectivity index (χ1) is 20.6. The number of aliphatic hydroxyl groups is 1. The van der Waals surface area contributed by atoms with Crippen LogP contribution in [0, 0.1) is 11.8 Å². The molecule has 1 aromatic carbocycles. The Bertz CT molecular complexity index is 1140. The lowest BCUT2D eigenvalue weighted by Gasteiger charge is -2.26. The summed E-state index contributed by atoms with van der Waals surface area (Å²) in [6, 6.07) is -0.731. The van der Waals surface area contributed by atoms with Crippen molar-refractivity contribution in [2.45, 2.75) is 90.0 Å². The van der Waals surface area contributed by atoms with E-state index < -0.39 is 72.3 Å². The maximum atomic E-state index is 13.5. The highest BCUT2D eigenvalue weighted by Crippen LogP contribution is 2.13. The van der Waals surface area contributed by atoms with E-state index in [-0.39, 0.29) is 43.3 Å². The maximum absolute atomic E-state index is 13.5. The molecule has 1 aromatic rings. The first kappa shape index (κ1) is 37.8. The lowest BCUT2D eigenvalue weighted by molar-refractivity contribution is -0.143. The monoisotopic (exact) mass is 622 g/mol. The number of carbonyl (C=O) groups excluding carboxylic acids is 5. The van der Waals surface area contributed by atoms with E-state index in [0.29, 0.717) is 12.0 Å². The fraction of sp³-hybridized carbons (Fsp3) is 0.586. The quantitative estimate of drug-likeness (QED) is 0.0874. The van der Waals surface area contributed by atoms with Crippen LogP contribution in [0.4, 0.5) is 0 Å². The molecule has 6 atom stereocenters. The molecule has 0 saturated heterocycles. The maximum Gasteiger partial charge on any atom is 0.326 e. The van der Waals surface area contributed by atoms with E-state index in [0.717, 1.165) is 0 Å². The van der Waals surface area contributed by atoms with E-state index in [2.05, 4.69) is 21.3 Å². The molecule has 0 heterocycles. The topological polar surface area (TPSA) is 263 Å². The summed E-state index contributed by atoms with van der Waals surface area (Å²) in [6.07, 6.45) is -0.0276. The van der Waals surface area contributed by atoms with Gasteiger partial charge in [0.2, 0.25) is 29.5 Å². The Balaban J connectivity index is 3.26. The SMILES string of the molecule is CC[C@H](C)[C@H](N)C(=O)N[C@@H](CO)C(=O)N[C@@H](Cc1ccc(O)cc1)C(=O)N[C@@H](CCC(N)=O)C(=O)N[C@@H](CC(C)C)C(=O)O. The number of aromatic hydroxyl groups is 1. The lowest BCUT2D eigenvalue weighted by Crippen LogP contribution is -2.60. The smallest absolute Gasteiger partial charge is 0.326 e. The van der Waals surface area contributed by atoms with Crippen molar-refractivity contribution >= 4 is 35.5 Å². The third-order valence-corrected chi connectivity index (χ3v) is 7.02. The average molecular weight is 623 g/mol. The van der Waals surface area contributed by atoms with Crippen LogP contribution in [0.2, 0.25) is 0 Å². The van der Waals surface area contributed by atoms with Gasteiger partial charge in [0, 0.05) is 12.8 Å². The number of phenols is 1. The third-order valence-electron chi connectivity index (χ3n) is 7.02. The van der Waals surface area contributed by atoms with Crippen molar-refractivity contribution in [1.82, 2.24) is 21.3 Å². The molecule has 0 bridgehead atoms. The van der Waals surface area contributed by atoms with Gasteiger partial charge in [0.15, 0.2) is 0 Å². The van der Waals surface area contributed by atoms with Crippen LogP contribution in [0.25, 0.3) is 0 Å². The summed E-state index contributed by atoms with van der Waals surface area (Å²) < 4.78 is 0. The fourth-order valence-electron chi connectivity index (χ4n) is 4.12. The minimum Gasteiger partial charge on any atom is -0.508 e. The molecule has 15 nitrogen and oxygen atoms in total. The minimum atomic E-state index is -1.46. The number of carbonyl (C=O) groups is 6. The molecule has 11 N–H and O–H groups in total. The molecule has 5 amide bonds. The molecule has 0 fully saturated rings. The number of nitrogens with one attached hydrogen (secondary N) is 4. The molecule has 0 aliphatic carbocycles. The van der Waals surface area contributed by atoms with Crippen LogP contribution in [0.1, 0.15) is 58.9 Å². The highest BCUT2D eigenvalue weighted by Gasteiger charge is 2.32. The van der Waals surface area contributed by atoms with Gasteiger partial charge >= 0.3 is 5.97 Å². The van der Waals surface area contributed by atoms with Gasteiger partial charge in [-0.1, -0.05) is 46.2 Å². The van der Waals surface area contributed by atoms with Crippen LogP contribution >= 0.6 is 0 Å². The van der Waals surface area contributed by atoms with Crippen LogP contribution in [-0.4, -0.2) is 87.6 Å². The van der Waals surface area contributed by atoms with Crippen LogP contribution in [-0.2, 0) is 35.2 Å². The van der Waals surface area contributed by atoms with E-state index >= 15 is 0 Å². The summed E-state index contributed by atoms with van der Waals surface area (Å²) in [7, 11) is 0. The van der Waals surface area contributed by atoms with E-state index in [4.69, 9.17) is 11.5 Å². The molecule has 0 saturated carbocycles. The lowest BCUT2D eigenvalue weighted by atomic mass is 9.99. The number of amides is 5. The number of nitrogens with two attached hydrogens (primary N) is 2. The van der Waals surface area contributed by atoms with Crippen LogP contribution in [0.3, 0.4) is 0 Å². The minimum absolute atomic E-state index is 0.0444. The Morgan fingerprint density at radius 1 is 0.795 bits per heavy atom. The molecular weight excluding hydrogens is 576 g/mol. The van der Waals surface area contributed by atoms with Gasteiger partial charge in [0.1, 0.15) is 29.9 Å². The van der Waals surface area contributed by atoms with E-state index in [1.54, 1.807) is 20.8 Å². The highest BCUT2D eigenvalue weighted by molar-refractivity contribution is 5.95. The largest absolute Gasteiger partial charge is 0.508 e. The summed E-state index contributed by atoms with van der Waals surface area (Å²) in [5.41, 5.74) is 11.7. The van der Waals surface area contributed by atoms with Crippen LogP contribution in [0.5, 0.6) is 5.75 Å². The zero-order valence-corrected chi connectivity index (χ0v) is 25.5. The number of aliphatic hydroxyl groups excluding tert-OH is 1. The molecule has 0 aromatic heterocycles. The van der Waals surface area contributed by atoms with Crippen molar-refractivity contribution in [3.8, 4) is 5.75 Å². The summed E-state index contributed by atoms with van der Waals surface area (Å²) >= 11 is 0. The van der Waals surface area contributed by atoms with Crippen LogP contribution in [0.15, 0.2) is 24.3 Å². The van der Waals surface area contributed by atoms with Gasteiger partial charge in [-0.25, -0.2) is 4.79 Å². The first-order valence-corrected chi connectivity index (χ1v) is 14.5. The number of hydrogen-bond acceptors (Lipinski definition) is 9. The highest BCUT2D eigenvalue weighted by atomic mass is 16.4. The second-order valence-corrected chi connectivity index (χ2v) is 11.2. The van der Waals surface area contributed by atoms with Gasteiger partial charge in [0.25, 0.3) is 0 Å². The molecule has 0 unspecified atom stereocenters. The Morgan fingerprint density at radius 3 is 1.80 bits per heavy atom.